The predicted molar refractivity (Wildman–Crippen MR) is 109 cm³/mol. The first-order valence-corrected chi connectivity index (χ1v) is 9.98. The summed E-state index contributed by atoms with van der Waals surface area (Å²) < 4.78 is 0. The summed E-state index contributed by atoms with van der Waals surface area (Å²) in [5.41, 5.74) is 1.33. The average molecular weight is 387 g/mol. The first-order chi connectivity index (χ1) is 13.0. The van der Waals surface area contributed by atoms with Crippen LogP contribution >= 0.6 is 11.3 Å². The van der Waals surface area contributed by atoms with Gasteiger partial charge in [-0.3, -0.25) is 19.4 Å². The number of carbonyl (C=O) groups is 2. The van der Waals surface area contributed by atoms with Gasteiger partial charge in [-0.15, -0.1) is 11.3 Å². The van der Waals surface area contributed by atoms with Crippen molar-refractivity contribution in [1.82, 2.24) is 14.7 Å². The minimum atomic E-state index is -0.0479. The monoisotopic (exact) mass is 386 g/mol. The summed E-state index contributed by atoms with van der Waals surface area (Å²) in [6.45, 7) is 5.14. The van der Waals surface area contributed by atoms with E-state index in [1.807, 2.05) is 0 Å². The van der Waals surface area contributed by atoms with Crippen LogP contribution in [0, 0.1) is 0 Å². The predicted octanol–water partition coefficient (Wildman–Crippen LogP) is 2.21. The summed E-state index contributed by atoms with van der Waals surface area (Å²) in [6, 6.07) is 11.3. The molecule has 3 rings (SSSR count). The lowest BCUT2D eigenvalue weighted by Crippen LogP contribution is -2.48. The Balaban J connectivity index is 1.42. The number of carbonyl (C=O) groups excluding carboxylic acids is 2. The Morgan fingerprint density at radius 2 is 1.70 bits per heavy atom. The van der Waals surface area contributed by atoms with Crippen LogP contribution in [0.1, 0.15) is 15.2 Å². The smallest absolute Gasteiger partial charge is 0.253 e. The summed E-state index contributed by atoms with van der Waals surface area (Å²) in [4.78, 5) is 31.7. The molecule has 2 heterocycles. The van der Waals surface area contributed by atoms with E-state index in [-0.39, 0.29) is 11.8 Å². The van der Waals surface area contributed by atoms with Crippen molar-refractivity contribution in [3.8, 4) is 0 Å². The molecule has 1 saturated heterocycles. The Bertz CT molecular complexity index is 751. The van der Waals surface area contributed by atoms with Gasteiger partial charge in [0.1, 0.15) is 0 Å². The molecule has 0 saturated carbocycles. The minimum Gasteiger partial charge on any atom is -0.345 e. The molecule has 1 aromatic carbocycles. The molecule has 0 bridgehead atoms. The van der Waals surface area contributed by atoms with Gasteiger partial charge in [0.2, 0.25) is 5.91 Å². The van der Waals surface area contributed by atoms with E-state index in [0.717, 1.165) is 32.7 Å². The van der Waals surface area contributed by atoms with Crippen LogP contribution in [-0.4, -0.2) is 73.3 Å². The highest BCUT2D eigenvalue weighted by Gasteiger charge is 2.19. The van der Waals surface area contributed by atoms with Crippen molar-refractivity contribution in [2.24, 2.45) is 0 Å². The zero-order chi connectivity index (χ0) is 19.2. The van der Waals surface area contributed by atoms with Crippen LogP contribution in [0.15, 0.2) is 41.8 Å². The van der Waals surface area contributed by atoms with Gasteiger partial charge in [0, 0.05) is 62.9 Å². The molecule has 0 atom stereocenters. The maximum Gasteiger partial charge on any atom is 0.253 e. The molecule has 1 aliphatic heterocycles. The van der Waals surface area contributed by atoms with Crippen LogP contribution in [0.3, 0.4) is 0 Å². The van der Waals surface area contributed by atoms with E-state index in [4.69, 9.17) is 0 Å². The van der Waals surface area contributed by atoms with Crippen LogP contribution in [-0.2, 0) is 11.3 Å². The van der Waals surface area contributed by atoms with Crippen molar-refractivity contribution in [1.29, 1.82) is 0 Å². The zero-order valence-electron chi connectivity index (χ0n) is 15.9. The Morgan fingerprint density at radius 1 is 1.04 bits per heavy atom. The molecule has 0 unspecified atom stereocenters. The number of anilines is 1. The van der Waals surface area contributed by atoms with Gasteiger partial charge >= 0.3 is 0 Å². The first kappa shape index (κ1) is 19.5. The lowest BCUT2D eigenvalue weighted by atomic mass is 10.2. The number of nitrogens with zero attached hydrogens (tertiary/aromatic N) is 3. The number of benzene rings is 1. The van der Waals surface area contributed by atoms with Crippen molar-refractivity contribution in [3.05, 3.63) is 52.2 Å². The number of nitrogens with one attached hydrogen (secondary N) is 1. The molecule has 1 aromatic heterocycles. The van der Waals surface area contributed by atoms with E-state index in [0.29, 0.717) is 17.8 Å². The van der Waals surface area contributed by atoms with Gasteiger partial charge in [-0.05, 0) is 35.7 Å². The maximum absolute atomic E-state index is 12.3. The van der Waals surface area contributed by atoms with E-state index >= 15 is 0 Å². The Morgan fingerprint density at radius 3 is 2.30 bits per heavy atom. The van der Waals surface area contributed by atoms with Crippen LogP contribution in [0.5, 0.6) is 0 Å². The number of piperazine rings is 1. The van der Waals surface area contributed by atoms with Crippen LogP contribution in [0.25, 0.3) is 0 Å². The molecule has 1 fully saturated rings. The maximum atomic E-state index is 12.3. The number of amides is 2. The normalized spacial score (nSPS) is 15.5. The lowest BCUT2D eigenvalue weighted by molar-refractivity contribution is -0.117. The van der Waals surface area contributed by atoms with E-state index in [1.54, 1.807) is 49.7 Å². The fraction of sp³-hybridized carbons (Fsp3) is 0.400. The van der Waals surface area contributed by atoms with Gasteiger partial charge in [-0.2, -0.15) is 0 Å². The third-order valence-corrected chi connectivity index (χ3v) is 5.47. The van der Waals surface area contributed by atoms with E-state index in [2.05, 4.69) is 32.6 Å². The summed E-state index contributed by atoms with van der Waals surface area (Å²) in [6.07, 6.45) is 0. The Kier molecular flexibility index (Phi) is 6.60. The molecule has 0 spiro atoms. The molecule has 1 aliphatic rings. The topological polar surface area (TPSA) is 55.9 Å². The third-order valence-electron chi connectivity index (χ3n) is 4.61. The molecule has 1 N–H and O–H groups in total. The highest BCUT2D eigenvalue weighted by Crippen LogP contribution is 2.14. The van der Waals surface area contributed by atoms with Crippen molar-refractivity contribution < 1.29 is 9.59 Å². The number of hydrogen-bond acceptors (Lipinski definition) is 5. The first-order valence-electron chi connectivity index (χ1n) is 9.10. The largest absolute Gasteiger partial charge is 0.345 e. The molecular formula is C20H26N4O2S. The van der Waals surface area contributed by atoms with Crippen molar-refractivity contribution in [2.45, 2.75) is 6.54 Å². The van der Waals surface area contributed by atoms with Gasteiger partial charge in [0.25, 0.3) is 5.91 Å². The highest BCUT2D eigenvalue weighted by atomic mass is 32.1. The van der Waals surface area contributed by atoms with Gasteiger partial charge in [-0.25, -0.2) is 0 Å². The number of thiophene rings is 1. The van der Waals surface area contributed by atoms with E-state index in [9.17, 15) is 9.59 Å². The van der Waals surface area contributed by atoms with Crippen LogP contribution in [0.4, 0.5) is 5.69 Å². The van der Waals surface area contributed by atoms with Gasteiger partial charge in [0.15, 0.2) is 0 Å². The summed E-state index contributed by atoms with van der Waals surface area (Å²) in [5.74, 6) is -0.0679. The summed E-state index contributed by atoms with van der Waals surface area (Å²) >= 11 is 1.79. The van der Waals surface area contributed by atoms with E-state index < -0.39 is 0 Å². The molecule has 2 aromatic rings. The SMILES string of the molecule is CN(C)C(=O)c1ccc(NC(=O)CN2CCN(Cc3cccs3)CC2)cc1. The lowest BCUT2D eigenvalue weighted by Gasteiger charge is -2.34. The molecule has 7 heteroatoms. The second-order valence-electron chi connectivity index (χ2n) is 6.96. The number of rotatable bonds is 6. The molecular weight excluding hydrogens is 360 g/mol. The van der Waals surface area contributed by atoms with Gasteiger partial charge < -0.3 is 10.2 Å². The van der Waals surface area contributed by atoms with Gasteiger partial charge in [-0.1, -0.05) is 6.07 Å². The van der Waals surface area contributed by atoms with Crippen molar-refractivity contribution in [3.63, 3.8) is 0 Å². The average Bonchev–Trinajstić information content (AvgIpc) is 3.16. The van der Waals surface area contributed by atoms with Gasteiger partial charge in [0.05, 0.1) is 6.54 Å². The fourth-order valence-electron chi connectivity index (χ4n) is 3.09. The third kappa shape index (κ3) is 5.63. The molecule has 27 heavy (non-hydrogen) atoms. The molecule has 2 amide bonds. The Hall–Kier alpha value is -2.22. The molecule has 144 valence electrons. The second-order valence-corrected chi connectivity index (χ2v) is 7.99. The van der Waals surface area contributed by atoms with Crippen LogP contribution in [0.2, 0.25) is 0 Å². The zero-order valence-corrected chi connectivity index (χ0v) is 16.7. The highest BCUT2D eigenvalue weighted by molar-refractivity contribution is 7.09. The summed E-state index contributed by atoms with van der Waals surface area (Å²) in [5, 5.41) is 5.02. The fourth-order valence-corrected chi connectivity index (χ4v) is 3.83. The van der Waals surface area contributed by atoms with E-state index in [1.165, 1.54) is 9.78 Å². The minimum absolute atomic E-state index is 0.0200. The molecule has 0 radical (unpaired) electrons. The quantitative estimate of drug-likeness (QED) is 0.827. The standard InChI is InChI=1S/C20H26N4O2S/c1-22(2)20(26)16-5-7-17(8-6-16)21-19(25)15-24-11-9-23(10-12-24)14-18-4-3-13-27-18/h3-8,13H,9-12,14-15H2,1-2H3,(H,21,25). The Labute approximate surface area is 164 Å². The number of hydrogen-bond donors (Lipinski definition) is 1. The van der Waals surface area contributed by atoms with Crippen molar-refractivity contribution in [2.75, 3.05) is 52.1 Å². The van der Waals surface area contributed by atoms with Crippen LogP contribution < -0.4 is 5.32 Å². The second kappa shape index (κ2) is 9.12. The van der Waals surface area contributed by atoms with Crippen molar-refractivity contribution >= 4 is 28.8 Å². The summed E-state index contributed by atoms with van der Waals surface area (Å²) in [7, 11) is 3.44. The molecule has 6 nitrogen and oxygen atoms in total. The molecule has 0 aliphatic carbocycles.